The number of carbonyl (C=O) groups excluding carboxylic acids is 1. The number of halogens is 1. The van der Waals surface area contributed by atoms with Crippen LogP contribution >= 0.6 is 11.6 Å². The van der Waals surface area contributed by atoms with Crippen LogP contribution in [0.4, 0.5) is 0 Å². The maximum Gasteiger partial charge on any atom is 0.243 e. The first-order valence-electron chi connectivity index (χ1n) is 8.06. The van der Waals surface area contributed by atoms with Gasteiger partial charge in [-0.25, -0.2) is 8.42 Å². The van der Waals surface area contributed by atoms with E-state index in [4.69, 9.17) is 16.0 Å². The van der Waals surface area contributed by atoms with Gasteiger partial charge in [0.15, 0.2) is 0 Å². The van der Waals surface area contributed by atoms with Crippen molar-refractivity contribution in [3.8, 4) is 0 Å². The molecule has 2 aromatic rings. The van der Waals surface area contributed by atoms with Crippen LogP contribution in [0.25, 0.3) is 0 Å². The van der Waals surface area contributed by atoms with Gasteiger partial charge in [-0.05, 0) is 49.2 Å². The van der Waals surface area contributed by atoms with Crippen molar-refractivity contribution >= 4 is 27.5 Å². The lowest BCUT2D eigenvalue weighted by molar-refractivity contribution is -0.125. The quantitative estimate of drug-likeness (QED) is 0.862. The van der Waals surface area contributed by atoms with Gasteiger partial charge in [-0.15, -0.1) is 0 Å². The molecule has 0 spiro atoms. The summed E-state index contributed by atoms with van der Waals surface area (Å²) in [6.45, 7) is 0.557. The summed E-state index contributed by atoms with van der Waals surface area (Å²) in [6, 6.07) is 8.76. The lowest BCUT2D eigenvalue weighted by atomic mass is 10.0. The second kappa shape index (κ2) is 7.59. The summed E-state index contributed by atoms with van der Waals surface area (Å²) in [7, 11) is -3.75. The zero-order valence-corrected chi connectivity index (χ0v) is 15.1. The summed E-state index contributed by atoms with van der Waals surface area (Å²) in [4.78, 5) is 12.7. The Balaban J connectivity index is 1.77. The van der Waals surface area contributed by atoms with E-state index in [1.54, 1.807) is 12.1 Å². The monoisotopic (exact) mass is 382 g/mol. The Bertz CT molecular complexity index is 819. The summed E-state index contributed by atoms with van der Waals surface area (Å²) in [5.74, 6) is 0.310. The number of piperidine rings is 1. The summed E-state index contributed by atoms with van der Waals surface area (Å²) in [6.07, 6.45) is 3.57. The van der Waals surface area contributed by atoms with Gasteiger partial charge in [0.2, 0.25) is 15.9 Å². The van der Waals surface area contributed by atoms with Crippen LogP contribution in [0.2, 0.25) is 5.02 Å². The molecule has 0 radical (unpaired) electrons. The van der Waals surface area contributed by atoms with Crippen molar-refractivity contribution in [3.63, 3.8) is 0 Å². The van der Waals surface area contributed by atoms with E-state index in [-0.39, 0.29) is 17.3 Å². The molecule has 6 nitrogen and oxygen atoms in total. The number of rotatable bonds is 5. The smallest absolute Gasteiger partial charge is 0.243 e. The number of sulfonamides is 1. The van der Waals surface area contributed by atoms with Gasteiger partial charge in [0.05, 0.1) is 17.7 Å². The Hall–Kier alpha value is -1.83. The number of nitrogens with zero attached hydrogens (tertiary/aromatic N) is 1. The molecule has 8 heteroatoms. The molecule has 1 aliphatic heterocycles. The van der Waals surface area contributed by atoms with E-state index in [1.165, 1.54) is 34.8 Å². The summed E-state index contributed by atoms with van der Waals surface area (Å²) in [5, 5.41) is 3.22. The third-order valence-corrected chi connectivity index (χ3v) is 6.37. The van der Waals surface area contributed by atoms with Crippen molar-refractivity contribution in [3.05, 3.63) is 53.4 Å². The van der Waals surface area contributed by atoms with Gasteiger partial charge in [-0.1, -0.05) is 18.0 Å². The number of nitrogens with one attached hydrogen (secondary N) is 1. The first kappa shape index (κ1) is 18.0. The Kier molecular flexibility index (Phi) is 5.46. The SMILES string of the molecule is O=C(NCc1ccco1)[C@@H]1CCCCN1S(=O)(=O)c1ccc(Cl)cc1. The van der Waals surface area contributed by atoms with Crippen molar-refractivity contribution in [1.82, 2.24) is 9.62 Å². The zero-order valence-electron chi connectivity index (χ0n) is 13.5. The van der Waals surface area contributed by atoms with Crippen LogP contribution in [-0.4, -0.2) is 31.2 Å². The highest BCUT2D eigenvalue weighted by atomic mass is 35.5. The number of carbonyl (C=O) groups is 1. The number of hydrogen-bond donors (Lipinski definition) is 1. The van der Waals surface area contributed by atoms with Gasteiger partial charge in [0.25, 0.3) is 0 Å². The molecule has 0 unspecified atom stereocenters. The third kappa shape index (κ3) is 4.05. The first-order valence-corrected chi connectivity index (χ1v) is 9.88. The molecule has 25 heavy (non-hydrogen) atoms. The highest BCUT2D eigenvalue weighted by Gasteiger charge is 2.37. The van der Waals surface area contributed by atoms with E-state index in [2.05, 4.69) is 5.32 Å². The second-order valence-corrected chi connectivity index (χ2v) is 8.21. The summed E-state index contributed by atoms with van der Waals surface area (Å²) in [5.41, 5.74) is 0. The Morgan fingerprint density at radius 2 is 2.00 bits per heavy atom. The standard InChI is InChI=1S/C17H19ClN2O4S/c18-13-6-8-15(9-7-13)25(22,23)20-10-2-1-5-16(20)17(21)19-12-14-4-3-11-24-14/h3-4,6-9,11,16H,1-2,5,10,12H2,(H,19,21)/t16-/m0/s1. The highest BCUT2D eigenvalue weighted by Crippen LogP contribution is 2.26. The molecule has 1 aromatic carbocycles. The zero-order chi connectivity index (χ0) is 17.9. The fraction of sp³-hybridized carbons (Fsp3) is 0.353. The molecule has 1 N–H and O–H groups in total. The van der Waals surface area contributed by atoms with Crippen molar-refractivity contribution in [2.24, 2.45) is 0 Å². The van der Waals surface area contributed by atoms with Crippen LogP contribution in [0, 0.1) is 0 Å². The van der Waals surface area contributed by atoms with E-state index in [0.717, 1.165) is 12.8 Å². The van der Waals surface area contributed by atoms with Crippen molar-refractivity contribution < 1.29 is 17.6 Å². The number of amides is 1. The van der Waals surface area contributed by atoms with Gasteiger partial charge in [0, 0.05) is 11.6 Å². The minimum Gasteiger partial charge on any atom is -0.467 e. The molecule has 1 atom stereocenters. The predicted molar refractivity (Wildman–Crippen MR) is 93.5 cm³/mol. The number of hydrogen-bond acceptors (Lipinski definition) is 4. The fourth-order valence-corrected chi connectivity index (χ4v) is 4.68. The normalized spacial score (nSPS) is 18.8. The molecule has 0 aliphatic carbocycles. The maximum absolute atomic E-state index is 12.9. The molecule has 3 rings (SSSR count). The molecule has 1 amide bonds. The van der Waals surface area contributed by atoms with Crippen LogP contribution in [0.1, 0.15) is 25.0 Å². The van der Waals surface area contributed by atoms with Crippen LogP contribution in [-0.2, 0) is 21.4 Å². The van der Waals surface area contributed by atoms with Gasteiger partial charge in [0.1, 0.15) is 11.8 Å². The van der Waals surface area contributed by atoms with Gasteiger partial charge in [-0.3, -0.25) is 4.79 Å². The predicted octanol–water partition coefficient (Wildman–Crippen LogP) is 2.79. The second-order valence-electron chi connectivity index (χ2n) is 5.88. The molecule has 0 saturated carbocycles. The highest BCUT2D eigenvalue weighted by molar-refractivity contribution is 7.89. The lowest BCUT2D eigenvalue weighted by Gasteiger charge is -2.33. The molecular formula is C17H19ClN2O4S. The van der Waals surface area contributed by atoms with E-state index in [9.17, 15) is 13.2 Å². The van der Waals surface area contributed by atoms with Crippen molar-refractivity contribution in [2.75, 3.05) is 6.54 Å². The molecule has 2 heterocycles. The third-order valence-electron chi connectivity index (χ3n) is 4.19. The average Bonchev–Trinajstić information content (AvgIpc) is 3.13. The summed E-state index contributed by atoms with van der Waals surface area (Å²) >= 11 is 5.84. The van der Waals surface area contributed by atoms with E-state index in [1.807, 2.05) is 0 Å². The molecule has 1 fully saturated rings. The largest absolute Gasteiger partial charge is 0.467 e. The van der Waals surface area contributed by atoms with Gasteiger partial charge < -0.3 is 9.73 Å². The first-order chi connectivity index (χ1) is 12.0. The Morgan fingerprint density at radius 3 is 2.68 bits per heavy atom. The minimum atomic E-state index is -3.75. The van der Waals surface area contributed by atoms with Gasteiger partial charge >= 0.3 is 0 Å². The molecule has 1 aromatic heterocycles. The van der Waals surface area contributed by atoms with Crippen molar-refractivity contribution in [2.45, 2.75) is 36.7 Å². The molecule has 0 bridgehead atoms. The maximum atomic E-state index is 12.9. The number of benzene rings is 1. The van der Waals surface area contributed by atoms with E-state index in [0.29, 0.717) is 23.7 Å². The van der Waals surface area contributed by atoms with E-state index < -0.39 is 16.1 Å². The average molecular weight is 383 g/mol. The molecule has 134 valence electrons. The summed E-state index contributed by atoms with van der Waals surface area (Å²) < 4.78 is 32.3. The topological polar surface area (TPSA) is 79.6 Å². The minimum absolute atomic E-state index is 0.141. The Labute approximate surface area is 151 Å². The fourth-order valence-electron chi connectivity index (χ4n) is 2.90. The van der Waals surface area contributed by atoms with Gasteiger partial charge in [-0.2, -0.15) is 4.31 Å². The van der Waals surface area contributed by atoms with Crippen LogP contribution in [0.5, 0.6) is 0 Å². The van der Waals surface area contributed by atoms with Crippen LogP contribution < -0.4 is 5.32 Å². The number of furan rings is 1. The molecule has 1 aliphatic rings. The van der Waals surface area contributed by atoms with Crippen LogP contribution in [0.3, 0.4) is 0 Å². The molecule has 1 saturated heterocycles. The Morgan fingerprint density at radius 1 is 1.24 bits per heavy atom. The van der Waals surface area contributed by atoms with Crippen LogP contribution in [0.15, 0.2) is 52.0 Å². The van der Waals surface area contributed by atoms with E-state index >= 15 is 0 Å². The lowest BCUT2D eigenvalue weighted by Crippen LogP contribution is -2.51. The van der Waals surface area contributed by atoms with Crippen molar-refractivity contribution in [1.29, 1.82) is 0 Å². The molecular weight excluding hydrogens is 364 g/mol.